The number of methoxy groups -OCH3 is 1. The van der Waals surface area contributed by atoms with Crippen molar-refractivity contribution in [2.75, 3.05) is 7.11 Å². The highest BCUT2D eigenvalue weighted by molar-refractivity contribution is 5.72. The summed E-state index contributed by atoms with van der Waals surface area (Å²) in [5, 5.41) is 0. The molecule has 0 unspecified atom stereocenters. The van der Waals surface area contributed by atoms with Crippen molar-refractivity contribution in [3.8, 4) is 5.75 Å². The molecular formula is C17H13F3O. The van der Waals surface area contributed by atoms with Crippen LogP contribution in [0.5, 0.6) is 5.75 Å². The molecule has 108 valence electrons. The number of halogens is 3. The van der Waals surface area contributed by atoms with Crippen molar-refractivity contribution >= 4 is 11.6 Å². The Morgan fingerprint density at radius 1 is 1.00 bits per heavy atom. The van der Waals surface area contributed by atoms with Gasteiger partial charge in [0.25, 0.3) is 0 Å². The van der Waals surface area contributed by atoms with E-state index in [9.17, 15) is 13.2 Å². The average molecular weight is 290 g/mol. The molecule has 0 aliphatic carbocycles. The average Bonchev–Trinajstić information content (AvgIpc) is 2.48. The summed E-state index contributed by atoms with van der Waals surface area (Å²) in [6.07, 6.45) is -3.14. The van der Waals surface area contributed by atoms with E-state index in [4.69, 9.17) is 4.74 Å². The summed E-state index contributed by atoms with van der Waals surface area (Å²) in [5.74, 6) is 0.648. The molecule has 0 fully saturated rings. The van der Waals surface area contributed by atoms with Gasteiger partial charge in [0, 0.05) is 0 Å². The van der Waals surface area contributed by atoms with Crippen LogP contribution in [0.15, 0.2) is 60.3 Å². The predicted octanol–water partition coefficient (Wildman–Crippen LogP) is 4.95. The third-order valence-electron chi connectivity index (χ3n) is 2.84. The van der Waals surface area contributed by atoms with Crippen LogP contribution in [-0.2, 0) is 0 Å². The topological polar surface area (TPSA) is 9.23 Å². The molecule has 0 saturated carbocycles. The summed E-state index contributed by atoms with van der Waals surface area (Å²) >= 11 is 0. The largest absolute Gasteiger partial charge is 0.497 e. The van der Waals surface area contributed by atoms with E-state index in [1.165, 1.54) is 25.3 Å². The van der Waals surface area contributed by atoms with Crippen LogP contribution in [0.3, 0.4) is 0 Å². The molecule has 0 bridgehead atoms. The number of benzene rings is 2. The van der Waals surface area contributed by atoms with Crippen LogP contribution in [0.2, 0.25) is 0 Å². The van der Waals surface area contributed by atoms with Gasteiger partial charge in [0.15, 0.2) is 0 Å². The van der Waals surface area contributed by atoms with Crippen molar-refractivity contribution in [3.63, 3.8) is 0 Å². The van der Waals surface area contributed by atoms with Crippen LogP contribution in [0, 0.1) is 0 Å². The van der Waals surface area contributed by atoms with Gasteiger partial charge in [0.05, 0.1) is 7.11 Å². The van der Waals surface area contributed by atoms with E-state index in [0.717, 1.165) is 0 Å². The van der Waals surface area contributed by atoms with E-state index >= 15 is 0 Å². The summed E-state index contributed by atoms with van der Waals surface area (Å²) < 4.78 is 44.3. The molecule has 0 atom stereocenters. The quantitative estimate of drug-likeness (QED) is 0.726. The lowest BCUT2D eigenvalue weighted by molar-refractivity contribution is -0.0687. The van der Waals surface area contributed by atoms with Gasteiger partial charge in [-0.05, 0) is 29.3 Å². The molecule has 0 aliphatic rings. The molecule has 0 amide bonds. The highest BCUT2D eigenvalue weighted by Crippen LogP contribution is 2.33. The Labute approximate surface area is 121 Å². The molecule has 0 heterocycles. The third-order valence-corrected chi connectivity index (χ3v) is 2.84. The minimum Gasteiger partial charge on any atom is -0.497 e. The normalized spacial score (nSPS) is 10.7. The zero-order valence-electron chi connectivity index (χ0n) is 11.3. The Bertz CT molecular complexity index is 649. The van der Waals surface area contributed by atoms with Gasteiger partial charge in [0.1, 0.15) is 11.3 Å². The highest BCUT2D eigenvalue weighted by Gasteiger charge is 2.34. The Kier molecular flexibility index (Phi) is 4.51. The van der Waals surface area contributed by atoms with E-state index in [1.807, 2.05) is 0 Å². The van der Waals surface area contributed by atoms with E-state index in [-0.39, 0.29) is 5.56 Å². The summed E-state index contributed by atoms with van der Waals surface area (Å²) in [6.45, 7) is 0. The molecular weight excluding hydrogens is 277 g/mol. The minimum absolute atomic E-state index is 0.0924. The zero-order chi connectivity index (χ0) is 15.3. The standard InChI is InChI=1S/C17H13F3O/c1-21-15-10-7-13(8-11-15)9-12-16(17(18,19)20)14-5-3-2-4-6-14/h2-11H,1H3. The van der Waals surface area contributed by atoms with Gasteiger partial charge in [-0.25, -0.2) is 0 Å². The van der Waals surface area contributed by atoms with E-state index in [0.29, 0.717) is 11.3 Å². The monoisotopic (exact) mass is 290 g/mol. The van der Waals surface area contributed by atoms with Gasteiger partial charge < -0.3 is 4.74 Å². The van der Waals surface area contributed by atoms with Crippen LogP contribution in [-0.4, -0.2) is 13.3 Å². The summed E-state index contributed by atoms with van der Waals surface area (Å²) in [7, 11) is 1.53. The minimum atomic E-state index is -4.45. The van der Waals surface area contributed by atoms with Gasteiger partial charge in [-0.15, -0.1) is 5.73 Å². The highest BCUT2D eigenvalue weighted by atomic mass is 19.4. The van der Waals surface area contributed by atoms with Crippen LogP contribution in [0.4, 0.5) is 13.2 Å². The zero-order valence-corrected chi connectivity index (χ0v) is 11.3. The summed E-state index contributed by atoms with van der Waals surface area (Å²) in [4.78, 5) is 0. The lowest BCUT2D eigenvalue weighted by atomic mass is 10.1. The molecule has 0 aromatic heterocycles. The second-order valence-electron chi connectivity index (χ2n) is 4.30. The lowest BCUT2D eigenvalue weighted by Crippen LogP contribution is -2.09. The molecule has 0 saturated heterocycles. The van der Waals surface area contributed by atoms with Crippen molar-refractivity contribution in [2.45, 2.75) is 6.18 Å². The van der Waals surface area contributed by atoms with Crippen LogP contribution >= 0.6 is 0 Å². The second-order valence-corrected chi connectivity index (χ2v) is 4.30. The van der Waals surface area contributed by atoms with Crippen LogP contribution in [0.25, 0.3) is 11.6 Å². The molecule has 21 heavy (non-hydrogen) atoms. The SMILES string of the molecule is COc1ccc(C=C=C(c2ccccc2)C(F)(F)F)cc1. The fourth-order valence-electron chi connectivity index (χ4n) is 1.79. The Morgan fingerprint density at radius 2 is 1.62 bits per heavy atom. The van der Waals surface area contributed by atoms with Crippen LogP contribution < -0.4 is 4.74 Å². The number of hydrogen-bond donors (Lipinski definition) is 0. The summed E-state index contributed by atoms with van der Waals surface area (Å²) in [5.41, 5.74) is 2.27. The predicted molar refractivity (Wildman–Crippen MR) is 76.9 cm³/mol. The van der Waals surface area contributed by atoms with Crippen molar-refractivity contribution < 1.29 is 17.9 Å². The molecule has 2 aromatic carbocycles. The maximum atomic E-state index is 13.1. The first-order chi connectivity index (χ1) is 10.0. The Morgan fingerprint density at radius 3 is 2.14 bits per heavy atom. The van der Waals surface area contributed by atoms with E-state index in [1.54, 1.807) is 42.5 Å². The number of hydrogen-bond acceptors (Lipinski definition) is 1. The first-order valence-electron chi connectivity index (χ1n) is 6.24. The molecule has 0 N–H and O–H groups in total. The first-order valence-corrected chi connectivity index (χ1v) is 6.24. The molecule has 1 nitrogen and oxygen atoms in total. The van der Waals surface area contributed by atoms with E-state index < -0.39 is 11.7 Å². The van der Waals surface area contributed by atoms with Gasteiger partial charge >= 0.3 is 6.18 Å². The van der Waals surface area contributed by atoms with Gasteiger partial charge in [-0.1, -0.05) is 42.5 Å². The maximum Gasteiger partial charge on any atom is 0.424 e. The van der Waals surface area contributed by atoms with Gasteiger partial charge in [-0.3, -0.25) is 0 Å². The third kappa shape index (κ3) is 4.01. The molecule has 0 aliphatic heterocycles. The van der Waals surface area contributed by atoms with E-state index in [2.05, 4.69) is 5.73 Å². The molecule has 0 radical (unpaired) electrons. The number of ether oxygens (including phenoxy) is 1. The molecule has 2 aromatic rings. The fraction of sp³-hybridized carbons (Fsp3) is 0.118. The first kappa shape index (κ1) is 14.9. The fourth-order valence-corrected chi connectivity index (χ4v) is 1.79. The smallest absolute Gasteiger partial charge is 0.424 e. The Balaban J connectivity index is 2.42. The van der Waals surface area contributed by atoms with Crippen LogP contribution in [0.1, 0.15) is 11.1 Å². The Hall–Kier alpha value is -2.45. The summed E-state index contributed by atoms with van der Waals surface area (Å²) in [6, 6.07) is 14.3. The maximum absolute atomic E-state index is 13.1. The van der Waals surface area contributed by atoms with Crippen molar-refractivity contribution in [1.82, 2.24) is 0 Å². The van der Waals surface area contributed by atoms with Gasteiger partial charge in [0.2, 0.25) is 0 Å². The molecule has 0 spiro atoms. The molecule has 4 heteroatoms. The number of allylic oxidation sites excluding steroid dienone is 1. The molecule has 2 rings (SSSR count). The number of rotatable bonds is 3. The van der Waals surface area contributed by atoms with Crippen molar-refractivity contribution in [3.05, 3.63) is 71.5 Å². The lowest BCUT2D eigenvalue weighted by Gasteiger charge is -2.09. The number of alkyl halides is 3. The van der Waals surface area contributed by atoms with Gasteiger partial charge in [-0.2, -0.15) is 13.2 Å². The van der Waals surface area contributed by atoms with Crippen molar-refractivity contribution in [1.29, 1.82) is 0 Å². The van der Waals surface area contributed by atoms with Crippen molar-refractivity contribution in [2.24, 2.45) is 0 Å². The second kappa shape index (κ2) is 6.33.